The molecule has 0 saturated carbocycles. The number of rotatable bonds is 4. The molecule has 18 heavy (non-hydrogen) atoms. The third-order valence-electron chi connectivity index (χ3n) is 2.98. The summed E-state index contributed by atoms with van der Waals surface area (Å²) in [5.74, 6) is -0.648. The number of esters is 1. The van der Waals surface area contributed by atoms with Crippen LogP contribution in [0.15, 0.2) is 30.4 Å². The van der Waals surface area contributed by atoms with Gasteiger partial charge in [-0.3, -0.25) is 0 Å². The van der Waals surface area contributed by atoms with Crippen LogP contribution in [0.3, 0.4) is 0 Å². The molecule has 0 radical (unpaired) electrons. The summed E-state index contributed by atoms with van der Waals surface area (Å²) in [7, 11) is 0. The van der Waals surface area contributed by atoms with E-state index in [0.29, 0.717) is 18.7 Å². The molecule has 3 nitrogen and oxygen atoms in total. The highest BCUT2D eigenvalue weighted by molar-refractivity contribution is 5.89. The van der Waals surface area contributed by atoms with Crippen molar-refractivity contribution in [2.45, 2.75) is 13.3 Å². The van der Waals surface area contributed by atoms with Crippen LogP contribution >= 0.6 is 0 Å². The average Bonchev–Trinajstić information content (AvgIpc) is 2.72. The quantitative estimate of drug-likeness (QED) is 0.606. The fourth-order valence-electron chi connectivity index (χ4n) is 2.11. The number of carbonyl (C=O) groups excluding carboxylic acids is 1. The van der Waals surface area contributed by atoms with Crippen molar-refractivity contribution in [2.75, 3.05) is 24.6 Å². The summed E-state index contributed by atoms with van der Waals surface area (Å²) in [6.07, 6.45) is 0.867. The summed E-state index contributed by atoms with van der Waals surface area (Å²) >= 11 is 0. The average molecular weight is 249 g/mol. The van der Waals surface area contributed by atoms with Crippen molar-refractivity contribution in [3.8, 4) is 0 Å². The van der Waals surface area contributed by atoms with E-state index < -0.39 is 0 Å². The van der Waals surface area contributed by atoms with Crippen LogP contribution in [-0.4, -0.2) is 25.7 Å². The van der Waals surface area contributed by atoms with Gasteiger partial charge in [0.1, 0.15) is 5.82 Å². The highest BCUT2D eigenvalue weighted by Gasteiger charge is 2.21. The number of nitrogens with zero attached hydrogens (tertiary/aromatic N) is 1. The second-order valence-corrected chi connectivity index (χ2v) is 4.27. The Labute approximate surface area is 106 Å². The molecule has 0 spiro atoms. The van der Waals surface area contributed by atoms with Crippen molar-refractivity contribution in [2.24, 2.45) is 0 Å². The smallest absolute Gasteiger partial charge is 0.335 e. The molecule has 0 amide bonds. The van der Waals surface area contributed by atoms with Gasteiger partial charge in [0.25, 0.3) is 0 Å². The lowest BCUT2D eigenvalue weighted by atomic mass is 10.1. The molecule has 0 atom stereocenters. The van der Waals surface area contributed by atoms with Crippen LogP contribution in [0.1, 0.15) is 12.5 Å². The van der Waals surface area contributed by atoms with E-state index in [1.54, 1.807) is 13.0 Å². The fourth-order valence-corrected chi connectivity index (χ4v) is 2.11. The number of hydrogen-bond donors (Lipinski definition) is 0. The Hall–Kier alpha value is -1.84. The standard InChI is InChI=1S/C14H16FNO2/c1-3-18-14(17)10(2)9-16-7-6-11-4-5-12(15)8-13(11)16/h4-5,8H,2-3,6-7,9H2,1H3. The van der Waals surface area contributed by atoms with Gasteiger partial charge in [-0.1, -0.05) is 12.6 Å². The second kappa shape index (κ2) is 5.21. The Morgan fingerprint density at radius 1 is 1.56 bits per heavy atom. The molecule has 0 bridgehead atoms. The first-order valence-electron chi connectivity index (χ1n) is 6.00. The van der Waals surface area contributed by atoms with Gasteiger partial charge in [-0.2, -0.15) is 0 Å². The first kappa shape index (κ1) is 12.6. The van der Waals surface area contributed by atoms with Crippen LogP contribution < -0.4 is 4.90 Å². The van der Waals surface area contributed by atoms with E-state index in [9.17, 15) is 9.18 Å². The number of hydrogen-bond acceptors (Lipinski definition) is 3. The predicted octanol–water partition coefficient (Wildman–Crippen LogP) is 2.31. The summed E-state index contributed by atoms with van der Waals surface area (Å²) in [5, 5.41) is 0. The van der Waals surface area contributed by atoms with Gasteiger partial charge in [-0.25, -0.2) is 9.18 Å². The largest absolute Gasteiger partial charge is 0.463 e. The van der Waals surface area contributed by atoms with Gasteiger partial charge in [0.05, 0.1) is 6.61 Å². The minimum atomic E-state index is -0.387. The molecule has 0 N–H and O–H groups in total. The van der Waals surface area contributed by atoms with Gasteiger partial charge >= 0.3 is 5.97 Å². The van der Waals surface area contributed by atoms with Gasteiger partial charge < -0.3 is 9.64 Å². The van der Waals surface area contributed by atoms with Gasteiger partial charge in [-0.05, 0) is 31.0 Å². The highest BCUT2D eigenvalue weighted by Crippen LogP contribution is 2.29. The number of benzene rings is 1. The lowest BCUT2D eigenvalue weighted by Gasteiger charge is -2.19. The van der Waals surface area contributed by atoms with Crippen molar-refractivity contribution < 1.29 is 13.9 Å². The topological polar surface area (TPSA) is 29.5 Å². The van der Waals surface area contributed by atoms with E-state index in [2.05, 4.69) is 6.58 Å². The Kier molecular flexibility index (Phi) is 3.65. The number of ether oxygens (including phenoxy) is 1. The third kappa shape index (κ3) is 2.53. The zero-order valence-electron chi connectivity index (χ0n) is 10.4. The highest BCUT2D eigenvalue weighted by atomic mass is 19.1. The number of carbonyl (C=O) groups is 1. The summed E-state index contributed by atoms with van der Waals surface area (Å²) in [6, 6.07) is 4.75. The fraction of sp³-hybridized carbons (Fsp3) is 0.357. The maximum atomic E-state index is 13.2. The molecule has 1 heterocycles. The van der Waals surface area contributed by atoms with Crippen molar-refractivity contribution >= 4 is 11.7 Å². The first-order valence-corrected chi connectivity index (χ1v) is 6.00. The van der Waals surface area contributed by atoms with E-state index in [1.807, 2.05) is 4.90 Å². The van der Waals surface area contributed by atoms with Gasteiger partial charge in [0.2, 0.25) is 0 Å². The molecule has 0 fully saturated rings. The van der Waals surface area contributed by atoms with Crippen LogP contribution in [0.2, 0.25) is 0 Å². The predicted molar refractivity (Wildman–Crippen MR) is 68.1 cm³/mol. The van der Waals surface area contributed by atoms with Crippen LogP contribution in [0.5, 0.6) is 0 Å². The Morgan fingerprint density at radius 2 is 2.33 bits per heavy atom. The number of fused-ring (bicyclic) bond motifs is 1. The molecular formula is C14H16FNO2. The van der Waals surface area contributed by atoms with Crippen LogP contribution in [0, 0.1) is 5.82 Å². The van der Waals surface area contributed by atoms with Crippen LogP contribution in [-0.2, 0) is 16.0 Å². The lowest BCUT2D eigenvalue weighted by Crippen LogP contribution is -2.26. The van der Waals surface area contributed by atoms with Gasteiger partial charge in [0, 0.05) is 24.4 Å². The Balaban J connectivity index is 2.07. The molecule has 0 saturated heterocycles. The molecule has 0 aliphatic carbocycles. The Bertz CT molecular complexity index is 485. The third-order valence-corrected chi connectivity index (χ3v) is 2.98. The number of anilines is 1. The molecule has 1 aliphatic rings. The van der Waals surface area contributed by atoms with Crippen LogP contribution in [0.25, 0.3) is 0 Å². The maximum Gasteiger partial charge on any atom is 0.335 e. The van der Waals surface area contributed by atoms with E-state index in [-0.39, 0.29) is 11.8 Å². The van der Waals surface area contributed by atoms with Crippen molar-refractivity contribution in [1.82, 2.24) is 0 Å². The summed E-state index contributed by atoms with van der Waals surface area (Å²) in [4.78, 5) is 13.4. The number of halogens is 1. The van der Waals surface area contributed by atoms with E-state index in [0.717, 1.165) is 24.2 Å². The zero-order valence-corrected chi connectivity index (χ0v) is 10.4. The molecule has 0 unspecified atom stereocenters. The SMILES string of the molecule is C=C(CN1CCc2ccc(F)cc21)C(=O)OCC. The van der Waals surface area contributed by atoms with Gasteiger partial charge in [0.15, 0.2) is 0 Å². The minimum absolute atomic E-state index is 0.262. The molecule has 1 aromatic rings. The molecular weight excluding hydrogens is 233 g/mol. The molecule has 96 valence electrons. The molecule has 2 rings (SSSR count). The summed E-state index contributed by atoms with van der Waals surface area (Å²) in [6.45, 7) is 6.97. The first-order chi connectivity index (χ1) is 8.61. The molecule has 1 aromatic carbocycles. The Morgan fingerprint density at radius 3 is 3.06 bits per heavy atom. The van der Waals surface area contributed by atoms with Crippen molar-refractivity contribution in [3.63, 3.8) is 0 Å². The van der Waals surface area contributed by atoms with E-state index in [1.165, 1.54) is 12.1 Å². The van der Waals surface area contributed by atoms with Gasteiger partial charge in [-0.15, -0.1) is 0 Å². The summed E-state index contributed by atoms with van der Waals surface area (Å²) in [5.41, 5.74) is 2.35. The van der Waals surface area contributed by atoms with Crippen molar-refractivity contribution in [1.29, 1.82) is 0 Å². The van der Waals surface area contributed by atoms with E-state index in [4.69, 9.17) is 4.74 Å². The molecule has 0 aromatic heterocycles. The maximum absolute atomic E-state index is 13.2. The molecule has 1 aliphatic heterocycles. The zero-order chi connectivity index (χ0) is 13.1. The van der Waals surface area contributed by atoms with Crippen molar-refractivity contribution in [3.05, 3.63) is 41.7 Å². The van der Waals surface area contributed by atoms with E-state index >= 15 is 0 Å². The lowest BCUT2D eigenvalue weighted by molar-refractivity contribution is -0.138. The normalized spacial score (nSPS) is 13.3. The second-order valence-electron chi connectivity index (χ2n) is 4.27. The van der Waals surface area contributed by atoms with Crippen LogP contribution in [0.4, 0.5) is 10.1 Å². The monoisotopic (exact) mass is 249 g/mol. The molecule has 4 heteroatoms. The summed E-state index contributed by atoms with van der Waals surface area (Å²) < 4.78 is 18.1. The minimum Gasteiger partial charge on any atom is -0.463 e.